The number of amides is 1. The quantitative estimate of drug-likeness (QED) is 0.685. The molecule has 1 heterocycles. The molecule has 1 amide bonds. The van der Waals surface area contributed by atoms with Crippen LogP contribution in [0.3, 0.4) is 0 Å². The molecule has 0 aliphatic carbocycles. The fourth-order valence-corrected chi connectivity index (χ4v) is 1.84. The Morgan fingerprint density at radius 3 is 2.30 bits per heavy atom. The molecule has 4 heteroatoms. The summed E-state index contributed by atoms with van der Waals surface area (Å²) < 4.78 is 5.14. The van der Waals surface area contributed by atoms with Crippen LogP contribution in [0.2, 0.25) is 0 Å². The summed E-state index contributed by atoms with van der Waals surface area (Å²) in [6.07, 6.45) is 1.37. The van der Waals surface area contributed by atoms with Crippen molar-refractivity contribution in [1.82, 2.24) is 4.98 Å². The molecule has 122 valence electrons. The van der Waals surface area contributed by atoms with Crippen LogP contribution in [0.5, 0.6) is 0 Å². The van der Waals surface area contributed by atoms with Gasteiger partial charge in [-0.25, -0.2) is 4.98 Å². The maximum absolute atomic E-state index is 12.1. The van der Waals surface area contributed by atoms with Gasteiger partial charge in [0, 0.05) is 11.3 Å². The van der Waals surface area contributed by atoms with E-state index in [1.807, 2.05) is 58.9 Å². The molecule has 0 saturated carbocycles. The number of carbonyl (C=O) groups excluding carboxylic acids is 1. The number of nitrogens with one attached hydrogen (secondary N) is 1. The van der Waals surface area contributed by atoms with E-state index in [0.717, 1.165) is 11.3 Å². The van der Waals surface area contributed by atoms with E-state index in [2.05, 4.69) is 10.3 Å². The van der Waals surface area contributed by atoms with Crippen LogP contribution in [0.4, 0.5) is 5.69 Å². The first-order valence-corrected chi connectivity index (χ1v) is 7.94. The third-order valence-corrected chi connectivity index (χ3v) is 2.90. The van der Waals surface area contributed by atoms with Crippen LogP contribution in [0.15, 0.2) is 53.3 Å². The smallest absolute Gasteiger partial charge is 0.255 e. The molecule has 1 N–H and O–H groups in total. The first kappa shape index (κ1) is 18.4. The van der Waals surface area contributed by atoms with Gasteiger partial charge in [0.05, 0.1) is 0 Å². The third-order valence-electron chi connectivity index (χ3n) is 2.90. The molecule has 0 saturated heterocycles. The Morgan fingerprint density at radius 2 is 1.65 bits per heavy atom. The molecule has 0 spiro atoms. The number of benzene rings is 2. The van der Waals surface area contributed by atoms with E-state index in [1.165, 1.54) is 6.39 Å². The average Bonchev–Trinajstić information content (AvgIpc) is 3.08. The number of hydrogen-bond donors (Lipinski definition) is 1. The van der Waals surface area contributed by atoms with Gasteiger partial charge in [0.25, 0.3) is 5.91 Å². The minimum Gasteiger partial charge on any atom is -0.443 e. The lowest BCUT2D eigenvalue weighted by molar-refractivity contribution is 0.102. The Hall–Kier alpha value is -2.62. The molecule has 0 aliphatic rings. The number of fused-ring (bicyclic) bond motifs is 1. The number of oxazole rings is 1. The van der Waals surface area contributed by atoms with Gasteiger partial charge in [0.2, 0.25) is 0 Å². The second kappa shape index (κ2) is 9.41. The molecule has 0 radical (unpaired) electrons. The van der Waals surface area contributed by atoms with Crippen LogP contribution < -0.4 is 5.32 Å². The molecular weight excluding hydrogens is 288 g/mol. The van der Waals surface area contributed by atoms with Crippen molar-refractivity contribution in [2.45, 2.75) is 34.6 Å². The van der Waals surface area contributed by atoms with Crippen molar-refractivity contribution in [2.24, 2.45) is 0 Å². The second-order valence-corrected chi connectivity index (χ2v) is 4.36. The Labute approximate surface area is 137 Å². The first-order valence-electron chi connectivity index (χ1n) is 7.94. The first-order chi connectivity index (χ1) is 11.2. The van der Waals surface area contributed by atoms with Gasteiger partial charge in [0.15, 0.2) is 12.0 Å². The van der Waals surface area contributed by atoms with Crippen molar-refractivity contribution in [2.75, 3.05) is 5.32 Å². The minimum atomic E-state index is -0.159. The van der Waals surface area contributed by atoms with Gasteiger partial charge in [-0.05, 0) is 37.3 Å². The number of hydrogen-bond acceptors (Lipinski definition) is 3. The van der Waals surface area contributed by atoms with Crippen LogP contribution in [0.25, 0.3) is 11.1 Å². The van der Waals surface area contributed by atoms with E-state index >= 15 is 0 Å². The molecule has 0 atom stereocenters. The maximum atomic E-state index is 12.1. The number of anilines is 1. The Balaban J connectivity index is 0.000000615. The average molecular weight is 312 g/mol. The van der Waals surface area contributed by atoms with E-state index in [9.17, 15) is 4.79 Å². The molecule has 0 fully saturated rings. The van der Waals surface area contributed by atoms with Crippen molar-refractivity contribution < 1.29 is 9.21 Å². The normalized spacial score (nSPS) is 9.26. The highest BCUT2D eigenvalue weighted by molar-refractivity contribution is 6.05. The summed E-state index contributed by atoms with van der Waals surface area (Å²) in [6, 6.07) is 12.8. The summed E-state index contributed by atoms with van der Waals surface area (Å²) in [5.74, 6) is -0.159. The van der Waals surface area contributed by atoms with Crippen LogP contribution in [0.1, 0.15) is 43.6 Å². The predicted octanol–water partition coefficient (Wildman–Crippen LogP) is 5.44. The lowest BCUT2D eigenvalue weighted by Crippen LogP contribution is -2.11. The van der Waals surface area contributed by atoms with Gasteiger partial charge in [0.1, 0.15) is 5.52 Å². The van der Waals surface area contributed by atoms with Crippen molar-refractivity contribution in [3.05, 3.63) is 60.0 Å². The summed E-state index contributed by atoms with van der Waals surface area (Å²) in [4.78, 5) is 16.1. The standard InChI is InChI=1S/C15H12N2O2.2C2H6/c1-10-2-5-12(6-3-10)17-15(18)11-4-7-14-13(8-11)16-9-19-14;2*1-2/h2-9H,1H3,(H,17,18);2*1-2H3. The second-order valence-electron chi connectivity index (χ2n) is 4.36. The number of rotatable bonds is 2. The largest absolute Gasteiger partial charge is 0.443 e. The zero-order chi connectivity index (χ0) is 17.2. The number of aromatic nitrogens is 1. The highest BCUT2D eigenvalue weighted by Crippen LogP contribution is 2.16. The summed E-state index contributed by atoms with van der Waals surface area (Å²) >= 11 is 0. The van der Waals surface area contributed by atoms with Crippen molar-refractivity contribution in [1.29, 1.82) is 0 Å². The van der Waals surface area contributed by atoms with Gasteiger partial charge in [-0.15, -0.1) is 0 Å². The predicted molar refractivity (Wildman–Crippen MR) is 95.8 cm³/mol. The van der Waals surface area contributed by atoms with E-state index in [0.29, 0.717) is 16.7 Å². The Bertz CT molecular complexity index is 730. The summed E-state index contributed by atoms with van der Waals surface area (Å²) in [7, 11) is 0. The van der Waals surface area contributed by atoms with Crippen molar-refractivity contribution in [3.63, 3.8) is 0 Å². The van der Waals surface area contributed by atoms with Crippen LogP contribution in [0, 0.1) is 6.92 Å². The lowest BCUT2D eigenvalue weighted by atomic mass is 10.2. The Kier molecular flexibility index (Phi) is 7.54. The highest BCUT2D eigenvalue weighted by Gasteiger charge is 2.08. The number of nitrogens with zero attached hydrogens (tertiary/aromatic N) is 1. The summed E-state index contributed by atoms with van der Waals surface area (Å²) in [5.41, 5.74) is 3.84. The molecule has 0 bridgehead atoms. The van der Waals surface area contributed by atoms with E-state index in [-0.39, 0.29) is 5.91 Å². The van der Waals surface area contributed by atoms with Crippen molar-refractivity contribution in [3.8, 4) is 0 Å². The molecule has 3 aromatic rings. The van der Waals surface area contributed by atoms with Crippen molar-refractivity contribution >= 4 is 22.7 Å². The molecule has 3 rings (SSSR count). The number of carbonyl (C=O) groups is 1. The topological polar surface area (TPSA) is 55.1 Å². The van der Waals surface area contributed by atoms with E-state index in [1.54, 1.807) is 18.2 Å². The van der Waals surface area contributed by atoms with Gasteiger partial charge in [-0.3, -0.25) is 4.79 Å². The molecule has 0 unspecified atom stereocenters. The van der Waals surface area contributed by atoms with Crippen LogP contribution in [-0.2, 0) is 0 Å². The maximum Gasteiger partial charge on any atom is 0.255 e. The summed E-state index contributed by atoms with van der Waals surface area (Å²) in [6.45, 7) is 10.0. The van der Waals surface area contributed by atoms with Gasteiger partial charge in [-0.1, -0.05) is 45.4 Å². The molecule has 2 aromatic carbocycles. The van der Waals surface area contributed by atoms with Gasteiger partial charge in [-0.2, -0.15) is 0 Å². The van der Waals surface area contributed by atoms with E-state index in [4.69, 9.17) is 4.42 Å². The monoisotopic (exact) mass is 312 g/mol. The molecular formula is C19H24N2O2. The zero-order valence-electron chi connectivity index (χ0n) is 14.4. The molecule has 23 heavy (non-hydrogen) atoms. The highest BCUT2D eigenvalue weighted by atomic mass is 16.3. The third kappa shape index (κ3) is 4.95. The molecule has 4 nitrogen and oxygen atoms in total. The van der Waals surface area contributed by atoms with Crippen LogP contribution in [-0.4, -0.2) is 10.9 Å². The fraction of sp³-hybridized carbons (Fsp3) is 0.263. The van der Waals surface area contributed by atoms with Crippen LogP contribution >= 0.6 is 0 Å². The molecule has 1 aromatic heterocycles. The minimum absolute atomic E-state index is 0.159. The summed E-state index contributed by atoms with van der Waals surface area (Å²) in [5, 5.41) is 2.84. The Morgan fingerprint density at radius 1 is 1.00 bits per heavy atom. The number of aryl methyl sites for hydroxylation is 1. The fourth-order valence-electron chi connectivity index (χ4n) is 1.84. The van der Waals surface area contributed by atoms with E-state index < -0.39 is 0 Å². The lowest BCUT2D eigenvalue weighted by Gasteiger charge is -2.05. The zero-order valence-corrected chi connectivity index (χ0v) is 14.4. The SMILES string of the molecule is CC.CC.Cc1ccc(NC(=O)c2ccc3ocnc3c2)cc1. The van der Waals surface area contributed by atoms with Gasteiger partial charge >= 0.3 is 0 Å². The van der Waals surface area contributed by atoms with Gasteiger partial charge < -0.3 is 9.73 Å². The molecule has 0 aliphatic heterocycles.